The van der Waals surface area contributed by atoms with Crippen LogP contribution in [0.5, 0.6) is 0 Å². The van der Waals surface area contributed by atoms with Gasteiger partial charge in [0.1, 0.15) is 5.36 Å². The molecular weight excluding hydrogens is 252 g/mol. The first-order chi connectivity index (χ1) is 9.74. The van der Waals surface area contributed by atoms with Crippen LogP contribution in [0.4, 0.5) is 0 Å². The number of hydrogen-bond donors (Lipinski definition) is 0. The van der Waals surface area contributed by atoms with E-state index in [9.17, 15) is 0 Å². The molecule has 1 aromatic heterocycles. The SMILES string of the molecule is C=C=N/C1=C(\C=C/C)CN=c2cnccc2=NC(=C)O1. The topological polar surface area (TPSA) is 59.2 Å². The summed E-state index contributed by atoms with van der Waals surface area (Å²) in [6, 6.07) is 1.75. The predicted octanol–water partition coefficient (Wildman–Crippen LogP) is 1.47. The number of aliphatic imine (C=N–C) groups is 1. The average Bonchev–Trinajstić information content (AvgIpc) is 2.49. The van der Waals surface area contributed by atoms with Gasteiger partial charge in [-0.3, -0.25) is 9.98 Å². The molecule has 5 nitrogen and oxygen atoms in total. The molecule has 0 fully saturated rings. The highest BCUT2D eigenvalue weighted by Gasteiger charge is 2.08. The Balaban J connectivity index is 2.64. The van der Waals surface area contributed by atoms with Crippen molar-refractivity contribution in [1.29, 1.82) is 0 Å². The van der Waals surface area contributed by atoms with E-state index >= 15 is 0 Å². The van der Waals surface area contributed by atoms with E-state index in [0.29, 0.717) is 23.1 Å². The minimum Gasteiger partial charge on any atom is -0.420 e. The molecule has 0 aliphatic carbocycles. The van der Waals surface area contributed by atoms with Crippen LogP contribution in [0.2, 0.25) is 0 Å². The first kappa shape index (κ1) is 13.6. The van der Waals surface area contributed by atoms with Crippen molar-refractivity contribution in [2.75, 3.05) is 6.54 Å². The Morgan fingerprint density at radius 1 is 1.45 bits per heavy atom. The third-order valence-corrected chi connectivity index (χ3v) is 2.48. The fourth-order valence-electron chi connectivity index (χ4n) is 1.66. The Hall–Kier alpha value is -2.78. The van der Waals surface area contributed by atoms with Crippen molar-refractivity contribution < 1.29 is 4.74 Å². The zero-order chi connectivity index (χ0) is 14.4. The van der Waals surface area contributed by atoms with Gasteiger partial charge in [0.15, 0.2) is 0 Å². The first-order valence-electron chi connectivity index (χ1n) is 6.03. The minimum absolute atomic E-state index is 0.227. The lowest BCUT2D eigenvalue weighted by Crippen LogP contribution is -2.26. The van der Waals surface area contributed by atoms with Crippen molar-refractivity contribution in [2.24, 2.45) is 15.0 Å². The fourth-order valence-corrected chi connectivity index (χ4v) is 1.66. The quantitative estimate of drug-likeness (QED) is 0.761. The number of allylic oxidation sites excluding steroid dienone is 1. The normalized spacial score (nSPS) is 18.6. The molecule has 0 atom stereocenters. The number of fused-ring (bicyclic) bond motifs is 1. The van der Waals surface area contributed by atoms with E-state index in [2.05, 4.69) is 39.0 Å². The van der Waals surface area contributed by atoms with Gasteiger partial charge in [0.05, 0.1) is 18.1 Å². The Bertz CT molecular complexity index is 752. The number of hydrogen-bond acceptors (Lipinski definition) is 5. The molecule has 2 heterocycles. The fraction of sp³-hybridized carbons (Fsp3) is 0.133. The van der Waals surface area contributed by atoms with Gasteiger partial charge in [-0.25, -0.2) is 4.99 Å². The summed E-state index contributed by atoms with van der Waals surface area (Å²) in [5, 5.41) is 1.34. The molecule has 0 saturated heterocycles. The number of ether oxygens (including phenoxy) is 1. The molecular formula is C15H14N4O. The zero-order valence-electron chi connectivity index (χ0n) is 11.2. The van der Waals surface area contributed by atoms with Crippen molar-refractivity contribution in [2.45, 2.75) is 6.92 Å². The second-order valence-corrected chi connectivity index (χ2v) is 3.89. The Morgan fingerprint density at radius 3 is 3.05 bits per heavy atom. The van der Waals surface area contributed by atoms with Crippen LogP contribution in [0.25, 0.3) is 0 Å². The van der Waals surface area contributed by atoms with Crippen molar-refractivity contribution in [3.8, 4) is 0 Å². The van der Waals surface area contributed by atoms with Gasteiger partial charge < -0.3 is 4.74 Å². The van der Waals surface area contributed by atoms with Crippen LogP contribution in [-0.4, -0.2) is 17.4 Å². The molecule has 1 aliphatic heterocycles. The number of pyridine rings is 1. The van der Waals surface area contributed by atoms with Crippen molar-refractivity contribution >= 4 is 5.87 Å². The van der Waals surface area contributed by atoms with Crippen LogP contribution in [0, 0.1) is 0 Å². The van der Waals surface area contributed by atoms with E-state index in [4.69, 9.17) is 4.74 Å². The summed E-state index contributed by atoms with van der Waals surface area (Å²) in [7, 11) is 0. The summed E-state index contributed by atoms with van der Waals surface area (Å²) in [5.41, 5.74) is 0.789. The van der Waals surface area contributed by atoms with Gasteiger partial charge in [0.25, 0.3) is 0 Å². The summed E-state index contributed by atoms with van der Waals surface area (Å²) < 4.78 is 5.55. The van der Waals surface area contributed by atoms with Crippen LogP contribution in [0.3, 0.4) is 0 Å². The molecule has 5 heteroatoms. The van der Waals surface area contributed by atoms with Crippen molar-refractivity contribution in [1.82, 2.24) is 4.98 Å². The third-order valence-electron chi connectivity index (χ3n) is 2.48. The molecule has 0 amide bonds. The second kappa shape index (κ2) is 6.41. The maximum absolute atomic E-state index is 5.55. The molecule has 0 unspecified atom stereocenters. The van der Waals surface area contributed by atoms with E-state index in [1.54, 1.807) is 18.5 Å². The van der Waals surface area contributed by atoms with Crippen LogP contribution in [0.15, 0.2) is 76.1 Å². The molecule has 100 valence electrons. The highest BCUT2D eigenvalue weighted by Crippen LogP contribution is 2.14. The lowest BCUT2D eigenvalue weighted by molar-refractivity contribution is 0.295. The highest BCUT2D eigenvalue weighted by molar-refractivity contribution is 5.49. The zero-order valence-corrected chi connectivity index (χ0v) is 11.2. The van der Waals surface area contributed by atoms with Gasteiger partial charge in [-0.15, -0.1) is 0 Å². The van der Waals surface area contributed by atoms with Crippen LogP contribution in [-0.2, 0) is 4.74 Å². The van der Waals surface area contributed by atoms with Crippen molar-refractivity contribution in [3.05, 3.63) is 71.8 Å². The summed E-state index contributed by atoms with van der Waals surface area (Å²) in [6.45, 7) is 9.53. The highest BCUT2D eigenvalue weighted by atomic mass is 16.5. The molecule has 1 aromatic rings. The molecule has 0 bridgehead atoms. The van der Waals surface area contributed by atoms with E-state index in [0.717, 1.165) is 5.57 Å². The summed E-state index contributed by atoms with van der Waals surface area (Å²) in [6.07, 6.45) is 7.05. The predicted molar refractivity (Wildman–Crippen MR) is 76.5 cm³/mol. The van der Waals surface area contributed by atoms with E-state index in [1.807, 2.05) is 19.1 Å². The first-order valence-corrected chi connectivity index (χ1v) is 6.03. The van der Waals surface area contributed by atoms with Crippen LogP contribution >= 0.6 is 0 Å². The second-order valence-electron chi connectivity index (χ2n) is 3.89. The van der Waals surface area contributed by atoms with Gasteiger partial charge >= 0.3 is 0 Å². The van der Waals surface area contributed by atoms with E-state index < -0.39 is 0 Å². The third kappa shape index (κ3) is 3.16. The maximum Gasteiger partial charge on any atom is 0.234 e. The molecule has 0 aromatic carbocycles. The van der Waals surface area contributed by atoms with Gasteiger partial charge in [0, 0.05) is 11.8 Å². The van der Waals surface area contributed by atoms with Gasteiger partial charge in [-0.05, 0) is 32.0 Å². The van der Waals surface area contributed by atoms with Crippen LogP contribution < -0.4 is 10.7 Å². The number of nitrogens with zero attached hydrogens (tertiary/aromatic N) is 4. The summed E-state index contributed by atoms with van der Waals surface area (Å²) in [4.78, 5) is 16.8. The standard InChI is InChI=1S/C15H14N4O/c1-4-6-12-9-18-14-10-16-8-7-13(14)19-11(3)20-15(12)17-5-2/h4,6-8,10H,2-3,9H2,1H3/b6-4-,15-12-,18-14?,19-13?. The lowest BCUT2D eigenvalue weighted by Gasteiger charge is -2.06. The van der Waals surface area contributed by atoms with Gasteiger partial charge in [-0.2, -0.15) is 4.99 Å². The minimum atomic E-state index is 0.227. The van der Waals surface area contributed by atoms with E-state index in [-0.39, 0.29) is 5.88 Å². The van der Waals surface area contributed by atoms with Gasteiger partial charge in [0.2, 0.25) is 11.8 Å². The molecule has 20 heavy (non-hydrogen) atoms. The van der Waals surface area contributed by atoms with Gasteiger partial charge in [-0.1, -0.05) is 12.2 Å². The smallest absolute Gasteiger partial charge is 0.234 e. The molecule has 0 spiro atoms. The molecule has 0 N–H and O–H groups in total. The summed E-state index contributed by atoms with van der Waals surface area (Å²) >= 11 is 0. The molecule has 2 rings (SSSR count). The maximum atomic E-state index is 5.55. The Morgan fingerprint density at radius 2 is 2.30 bits per heavy atom. The van der Waals surface area contributed by atoms with E-state index in [1.165, 1.54) is 0 Å². The number of aromatic nitrogens is 1. The largest absolute Gasteiger partial charge is 0.420 e. The Kier molecular flexibility index (Phi) is 4.37. The molecule has 1 aliphatic rings. The van der Waals surface area contributed by atoms with Crippen molar-refractivity contribution in [3.63, 3.8) is 0 Å². The average molecular weight is 266 g/mol. The van der Waals surface area contributed by atoms with Crippen LogP contribution in [0.1, 0.15) is 6.92 Å². The molecule has 0 saturated carbocycles. The monoisotopic (exact) mass is 266 g/mol. The lowest BCUT2D eigenvalue weighted by atomic mass is 10.2. The Labute approximate surface area is 116 Å². The molecule has 0 radical (unpaired) electrons. The number of rotatable bonds is 2. The summed E-state index contributed by atoms with van der Waals surface area (Å²) in [5.74, 6) is 3.03.